The zero-order chi connectivity index (χ0) is 8.39. The first kappa shape index (κ1) is 7.31. The van der Waals surface area contributed by atoms with Crippen molar-refractivity contribution in [1.29, 1.82) is 0 Å². The number of hydrogen-bond acceptors (Lipinski definition) is 3. The van der Waals surface area contributed by atoms with Gasteiger partial charge in [-0.05, 0) is 23.6 Å². The van der Waals surface area contributed by atoms with Gasteiger partial charge in [0.1, 0.15) is 5.75 Å². The lowest BCUT2D eigenvalue weighted by Crippen LogP contribution is -1.87. The third-order valence-electron chi connectivity index (χ3n) is 1.63. The van der Waals surface area contributed by atoms with Gasteiger partial charge in [0.2, 0.25) is 0 Å². The molecule has 2 aromatic rings. The maximum atomic E-state index is 10.1. The molecule has 0 bridgehead atoms. The molecule has 0 fully saturated rings. The standard InChI is InChI=1S/C9H6O2S/c10-6-11-8-2-1-3-9-7(8)4-5-12-9/h1-6H. The molecule has 1 aromatic carbocycles. The minimum absolute atomic E-state index is 0.451. The van der Waals surface area contributed by atoms with Crippen molar-refractivity contribution >= 4 is 27.9 Å². The van der Waals surface area contributed by atoms with E-state index < -0.39 is 0 Å². The van der Waals surface area contributed by atoms with E-state index in [1.54, 1.807) is 17.4 Å². The Balaban J connectivity index is 2.65. The van der Waals surface area contributed by atoms with Crippen molar-refractivity contribution in [1.82, 2.24) is 0 Å². The topological polar surface area (TPSA) is 26.3 Å². The Morgan fingerprint density at radius 1 is 1.33 bits per heavy atom. The van der Waals surface area contributed by atoms with Gasteiger partial charge in [-0.15, -0.1) is 11.3 Å². The summed E-state index contributed by atoms with van der Waals surface area (Å²) in [6.07, 6.45) is 0. The van der Waals surface area contributed by atoms with Crippen LogP contribution < -0.4 is 4.74 Å². The summed E-state index contributed by atoms with van der Waals surface area (Å²) in [5.74, 6) is 0.628. The maximum absolute atomic E-state index is 10.1. The molecule has 0 atom stereocenters. The molecule has 2 rings (SSSR count). The van der Waals surface area contributed by atoms with Crippen molar-refractivity contribution in [3.63, 3.8) is 0 Å². The SMILES string of the molecule is O=COc1cccc2sccc12. The highest BCUT2D eigenvalue weighted by atomic mass is 32.1. The van der Waals surface area contributed by atoms with E-state index in [0.29, 0.717) is 12.2 Å². The molecule has 0 saturated carbocycles. The Kier molecular flexibility index (Phi) is 1.80. The van der Waals surface area contributed by atoms with E-state index in [4.69, 9.17) is 4.74 Å². The molecular weight excluding hydrogens is 172 g/mol. The monoisotopic (exact) mass is 178 g/mol. The second-order valence-corrected chi connectivity index (χ2v) is 3.25. The molecule has 0 amide bonds. The number of carbonyl (C=O) groups excluding carboxylic acids is 1. The molecule has 60 valence electrons. The fourth-order valence-electron chi connectivity index (χ4n) is 1.12. The lowest BCUT2D eigenvalue weighted by atomic mass is 10.2. The van der Waals surface area contributed by atoms with Crippen LogP contribution >= 0.6 is 11.3 Å². The maximum Gasteiger partial charge on any atom is 0.298 e. The largest absolute Gasteiger partial charge is 0.428 e. The Labute approximate surface area is 73.4 Å². The number of hydrogen-bond donors (Lipinski definition) is 0. The van der Waals surface area contributed by atoms with E-state index in [0.717, 1.165) is 10.1 Å². The molecule has 0 spiro atoms. The molecule has 0 aliphatic rings. The molecule has 0 N–H and O–H groups in total. The minimum Gasteiger partial charge on any atom is -0.428 e. The number of carbonyl (C=O) groups is 1. The van der Waals surface area contributed by atoms with Crippen LogP contribution in [0.5, 0.6) is 5.75 Å². The van der Waals surface area contributed by atoms with Crippen LogP contribution in [0.15, 0.2) is 29.6 Å². The second-order valence-electron chi connectivity index (χ2n) is 2.30. The highest BCUT2D eigenvalue weighted by Gasteiger charge is 2.00. The fourth-order valence-corrected chi connectivity index (χ4v) is 1.92. The van der Waals surface area contributed by atoms with Gasteiger partial charge in [-0.2, -0.15) is 0 Å². The average molecular weight is 178 g/mol. The third-order valence-corrected chi connectivity index (χ3v) is 2.51. The van der Waals surface area contributed by atoms with Crippen molar-refractivity contribution in [2.75, 3.05) is 0 Å². The van der Waals surface area contributed by atoms with Crippen LogP contribution in [0.25, 0.3) is 10.1 Å². The molecule has 1 heterocycles. The number of rotatable bonds is 2. The van der Waals surface area contributed by atoms with E-state index in [1.807, 2.05) is 23.6 Å². The van der Waals surface area contributed by atoms with Gasteiger partial charge >= 0.3 is 0 Å². The van der Waals surface area contributed by atoms with Gasteiger partial charge in [0.15, 0.2) is 0 Å². The van der Waals surface area contributed by atoms with E-state index in [2.05, 4.69) is 0 Å². The molecule has 12 heavy (non-hydrogen) atoms. The van der Waals surface area contributed by atoms with Crippen LogP contribution in [0.1, 0.15) is 0 Å². The van der Waals surface area contributed by atoms with E-state index in [-0.39, 0.29) is 0 Å². The zero-order valence-electron chi connectivity index (χ0n) is 6.19. The van der Waals surface area contributed by atoms with Gasteiger partial charge in [-0.25, -0.2) is 0 Å². The molecule has 1 aromatic heterocycles. The quantitative estimate of drug-likeness (QED) is 0.660. The van der Waals surface area contributed by atoms with Crippen LogP contribution in [0.4, 0.5) is 0 Å². The smallest absolute Gasteiger partial charge is 0.298 e. The summed E-state index contributed by atoms with van der Waals surface area (Å²) >= 11 is 1.63. The first-order chi connectivity index (χ1) is 5.92. The first-order valence-electron chi connectivity index (χ1n) is 3.48. The van der Waals surface area contributed by atoms with Crippen LogP contribution in [0, 0.1) is 0 Å². The molecular formula is C9H6O2S. The van der Waals surface area contributed by atoms with Gasteiger partial charge < -0.3 is 4.74 Å². The van der Waals surface area contributed by atoms with Gasteiger partial charge in [-0.1, -0.05) is 6.07 Å². The van der Waals surface area contributed by atoms with Crippen molar-refractivity contribution in [2.45, 2.75) is 0 Å². The lowest BCUT2D eigenvalue weighted by Gasteiger charge is -1.97. The molecule has 0 aliphatic heterocycles. The highest BCUT2D eigenvalue weighted by Crippen LogP contribution is 2.28. The fraction of sp³-hybridized carbons (Fsp3) is 0. The van der Waals surface area contributed by atoms with Crippen LogP contribution in [-0.2, 0) is 4.79 Å². The predicted molar refractivity (Wildman–Crippen MR) is 48.5 cm³/mol. The summed E-state index contributed by atoms with van der Waals surface area (Å²) in [5.41, 5.74) is 0. The summed E-state index contributed by atoms with van der Waals surface area (Å²) in [6, 6.07) is 7.59. The summed E-state index contributed by atoms with van der Waals surface area (Å²) in [7, 11) is 0. The summed E-state index contributed by atoms with van der Waals surface area (Å²) < 4.78 is 5.94. The Bertz CT molecular complexity index is 406. The van der Waals surface area contributed by atoms with Crippen LogP contribution in [0.3, 0.4) is 0 Å². The Morgan fingerprint density at radius 2 is 2.25 bits per heavy atom. The van der Waals surface area contributed by atoms with Crippen molar-refractivity contribution < 1.29 is 9.53 Å². The third kappa shape index (κ3) is 1.08. The van der Waals surface area contributed by atoms with Gasteiger partial charge in [-0.3, -0.25) is 4.79 Å². The van der Waals surface area contributed by atoms with Crippen molar-refractivity contribution in [3.8, 4) is 5.75 Å². The van der Waals surface area contributed by atoms with Crippen LogP contribution in [0.2, 0.25) is 0 Å². The van der Waals surface area contributed by atoms with Crippen molar-refractivity contribution in [2.24, 2.45) is 0 Å². The number of benzene rings is 1. The lowest BCUT2D eigenvalue weighted by molar-refractivity contribution is -0.120. The number of fused-ring (bicyclic) bond motifs is 1. The Hall–Kier alpha value is -1.35. The molecule has 0 unspecified atom stereocenters. The highest BCUT2D eigenvalue weighted by molar-refractivity contribution is 7.17. The second kappa shape index (κ2) is 2.95. The van der Waals surface area contributed by atoms with E-state index in [9.17, 15) is 4.79 Å². The zero-order valence-corrected chi connectivity index (χ0v) is 7.01. The van der Waals surface area contributed by atoms with Crippen molar-refractivity contribution in [3.05, 3.63) is 29.6 Å². The summed E-state index contributed by atoms with van der Waals surface area (Å²) in [6.45, 7) is 0.451. The molecule has 2 nitrogen and oxygen atoms in total. The first-order valence-corrected chi connectivity index (χ1v) is 4.36. The van der Waals surface area contributed by atoms with Crippen LogP contribution in [-0.4, -0.2) is 6.47 Å². The summed E-state index contributed by atoms with van der Waals surface area (Å²) in [4.78, 5) is 10.1. The van der Waals surface area contributed by atoms with E-state index >= 15 is 0 Å². The van der Waals surface area contributed by atoms with Gasteiger partial charge in [0, 0.05) is 10.1 Å². The number of ether oxygens (including phenoxy) is 1. The molecule has 3 heteroatoms. The Morgan fingerprint density at radius 3 is 3.08 bits per heavy atom. The average Bonchev–Trinajstić information content (AvgIpc) is 2.53. The number of thiophene rings is 1. The van der Waals surface area contributed by atoms with Gasteiger partial charge in [0.25, 0.3) is 6.47 Å². The van der Waals surface area contributed by atoms with E-state index in [1.165, 1.54) is 0 Å². The molecule has 0 radical (unpaired) electrons. The van der Waals surface area contributed by atoms with Gasteiger partial charge in [0.05, 0.1) is 0 Å². The predicted octanol–water partition coefficient (Wildman–Crippen LogP) is 2.44. The minimum atomic E-state index is 0.451. The molecule has 0 aliphatic carbocycles. The summed E-state index contributed by atoms with van der Waals surface area (Å²) in [5, 5.41) is 2.97. The molecule has 0 saturated heterocycles. The normalized spacial score (nSPS) is 10.0.